The van der Waals surface area contributed by atoms with Gasteiger partial charge in [-0.1, -0.05) is 12.1 Å². The molecule has 0 bridgehead atoms. The molecule has 1 fully saturated rings. The molecule has 0 unspecified atom stereocenters. The number of halogens is 2. The Bertz CT molecular complexity index is 1900. The maximum Gasteiger partial charge on any atom is 0.231 e. The molecule has 230 valence electrons. The van der Waals surface area contributed by atoms with Crippen LogP contribution in [0.25, 0.3) is 11.0 Å². The van der Waals surface area contributed by atoms with Crippen LogP contribution in [0.2, 0.25) is 0 Å². The highest BCUT2D eigenvalue weighted by atomic mass is 32.2. The minimum Gasteiger partial charge on any atom is -0.497 e. The number of methoxy groups -OCH3 is 1. The number of benzene rings is 2. The van der Waals surface area contributed by atoms with Gasteiger partial charge >= 0.3 is 0 Å². The number of hydrogen-bond acceptors (Lipinski definition) is 10. The normalized spacial score (nSPS) is 14.2. The number of fused-ring (bicyclic) bond motifs is 1. The van der Waals surface area contributed by atoms with Crippen LogP contribution < -0.4 is 15.0 Å². The van der Waals surface area contributed by atoms with Crippen LogP contribution >= 0.6 is 0 Å². The zero-order chi connectivity index (χ0) is 31.0. The summed E-state index contributed by atoms with van der Waals surface area (Å²) in [5.74, 6) is -0.670. The first-order chi connectivity index (χ1) is 21.1. The maximum absolute atomic E-state index is 15.1. The number of sulfone groups is 1. The van der Waals surface area contributed by atoms with Gasteiger partial charge in [-0.15, -0.1) is 0 Å². The third-order valence-electron chi connectivity index (χ3n) is 7.38. The standard InChI is InChI=1S/C29H30F2N8O4S/c1-17-12-25(37-36-17)38(16-18-4-6-20(42-2)7-5-18)27-22-15-32-39(19-8-10-43-11-9-19)28(22)35-29(34-27)33-26-23(30)13-21(14-24(26)31)44(3,40)41/h4-7,12-15,19H,8-11,16H2,1-3H3,(H,36,37)(H,33,34,35). The van der Waals surface area contributed by atoms with Gasteiger partial charge in [-0.3, -0.25) is 5.10 Å². The lowest BCUT2D eigenvalue weighted by Gasteiger charge is -2.24. The fourth-order valence-electron chi connectivity index (χ4n) is 5.08. The molecule has 0 saturated carbocycles. The second-order valence-corrected chi connectivity index (χ2v) is 12.6. The van der Waals surface area contributed by atoms with E-state index < -0.39 is 32.1 Å². The molecule has 44 heavy (non-hydrogen) atoms. The van der Waals surface area contributed by atoms with Gasteiger partial charge in [0.15, 0.2) is 38.8 Å². The van der Waals surface area contributed by atoms with Gasteiger partial charge in [0.05, 0.1) is 36.2 Å². The van der Waals surface area contributed by atoms with Crippen molar-refractivity contribution in [2.75, 3.05) is 36.8 Å². The number of aromatic amines is 1. The maximum atomic E-state index is 15.1. The third kappa shape index (κ3) is 5.92. The number of aryl methyl sites for hydroxylation is 1. The van der Waals surface area contributed by atoms with Gasteiger partial charge < -0.3 is 19.7 Å². The van der Waals surface area contributed by atoms with Crippen LogP contribution in [-0.4, -0.2) is 64.9 Å². The summed E-state index contributed by atoms with van der Waals surface area (Å²) in [5.41, 5.74) is 1.59. The molecular formula is C29H30F2N8O4S. The van der Waals surface area contributed by atoms with Crippen LogP contribution in [0, 0.1) is 18.6 Å². The molecule has 1 aliphatic rings. The van der Waals surface area contributed by atoms with Crippen molar-refractivity contribution in [3.63, 3.8) is 0 Å². The molecule has 0 amide bonds. The minimum absolute atomic E-state index is 0.0120. The van der Waals surface area contributed by atoms with Crippen molar-refractivity contribution in [3.05, 3.63) is 71.6 Å². The van der Waals surface area contributed by atoms with E-state index in [1.807, 2.05) is 42.2 Å². The molecule has 0 radical (unpaired) electrons. The number of anilines is 4. The molecule has 15 heteroatoms. The molecule has 0 atom stereocenters. The first kappa shape index (κ1) is 29.4. The first-order valence-corrected chi connectivity index (χ1v) is 15.7. The summed E-state index contributed by atoms with van der Waals surface area (Å²) in [4.78, 5) is 10.7. The van der Waals surface area contributed by atoms with Gasteiger partial charge in [-0.2, -0.15) is 20.2 Å². The Balaban J connectivity index is 1.51. The summed E-state index contributed by atoms with van der Waals surface area (Å²) >= 11 is 0. The molecule has 12 nitrogen and oxygen atoms in total. The average molecular weight is 625 g/mol. The van der Waals surface area contributed by atoms with Gasteiger partial charge in [-0.25, -0.2) is 21.9 Å². The molecule has 0 spiro atoms. The highest BCUT2D eigenvalue weighted by molar-refractivity contribution is 7.90. The second kappa shape index (κ2) is 11.8. The van der Waals surface area contributed by atoms with Crippen LogP contribution in [0.1, 0.15) is 30.1 Å². The molecule has 0 aliphatic carbocycles. The van der Waals surface area contributed by atoms with E-state index in [0.717, 1.165) is 29.6 Å². The predicted octanol–water partition coefficient (Wildman–Crippen LogP) is 4.98. The summed E-state index contributed by atoms with van der Waals surface area (Å²) < 4.78 is 66.8. The fourth-order valence-corrected chi connectivity index (χ4v) is 5.72. The Morgan fingerprint density at radius 1 is 1.11 bits per heavy atom. The van der Waals surface area contributed by atoms with Crippen LogP contribution in [0.3, 0.4) is 0 Å². The molecule has 1 saturated heterocycles. The van der Waals surface area contributed by atoms with E-state index in [9.17, 15) is 8.42 Å². The quantitative estimate of drug-likeness (QED) is 0.231. The van der Waals surface area contributed by atoms with E-state index in [2.05, 4.69) is 25.6 Å². The van der Waals surface area contributed by atoms with Gasteiger partial charge in [-0.05, 0) is 49.6 Å². The molecule has 4 heterocycles. The highest BCUT2D eigenvalue weighted by Crippen LogP contribution is 2.35. The summed E-state index contributed by atoms with van der Waals surface area (Å²) in [6, 6.07) is 10.9. The van der Waals surface area contributed by atoms with Crippen molar-refractivity contribution in [2.45, 2.75) is 37.2 Å². The Morgan fingerprint density at radius 2 is 1.82 bits per heavy atom. The number of H-pyrrole nitrogens is 1. The van der Waals surface area contributed by atoms with Gasteiger partial charge in [0.2, 0.25) is 5.95 Å². The highest BCUT2D eigenvalue weighted by Gasteiger charge is 2.26. The lowest BCUT2D eigenvalue weighted by Crippen LogP contribution is -2.22. The van der Waals surface area contributed by atoms with Crippen molar-refractivity contribution in [1.82, 2.24) is 29.9 Å². The zero-order valence-corrected chi connectivity index (χ0v) is 25.0. The Labute approximate surface area is 252 Å². The van der Waals surface area contributed by atoms with E-state index in [0.29, 0.717) is 61.0 Å². The number of nitrogens with zero attached hydrogens (tertiary/aromatic N) is 6. The first-order valence-electron chi connectivity index (χ1n) is 13.8. The molecular weight excluding hydrogens is 594 g/mol. The summed E-state index contributed by atoms with van der Waals surface area (Å²) in [6.45, 7) is 3.33. The third-order valence-corrected chi connectivity index (χ3v) is 8.47. The summed E-state index contributed by atoms with van der Waals surface area (Å²) in [6.07, 6.45) is 3.97. The Hall–Kier alpha value is -4.63. The monoisotopic (exact) mass is 624 g/mol. The summed E-state index contributed by atoms with van der Waals surface area (Å²) in [5, 5.41) is 15.4. The van der Waals surface area contributed by atoms with Crippen LogP contribution in [-0.2, 0) is 21.1 Å². The average Bonchev–Trinajstić information content (AvgIpc) is 3.64. The zero-order valence-electron chi connectivity index (χ0n) is 24.2. The molecule has 5 aromatic rings. The fraction of sp³-hybridized carbons (Fsp3) is 0.310. The molecule has 2 N–H and O–H groups in total. The molecule has 2 aromatic carbocycles. The van der Waals surface area contributed by atoms with E-state index in [4.69, 9.17) is 14.5 Å². The van der Waals surface area contributed by atoms with E-state index >= 15 is 8.78 Å². The van der Waals surface area contributed by atoms with Crippen molar-refractivity contribution in [3.8, 4) is 5.75 Å². The van der Waals surface area contributed by atoms with E-state index in [1.165, 1.54) is 0 Å². The smallest absolute Gasteiger partial charge is 0.231 e. The van der Waals surface area contributed by atoms with Crippen molar-refractivity contribution >= 4 is 44.1 Å². The van der Waals surface area contributed by atoms with Gasteiger partial charge in [0.1, 0.15) is 11.4 Å². The molecule has 6 rings (SSSR count). The molecule has 3 aromatic heterocycles. The molecule has 1 aliphatic heterocycles. The number of nitrogens with one attached hydrogen (secondary N) is 2. The number of rotatable bonds is 9. The minimum atomic E-state index is -3.84. The van der Waals surface area contributed by atoms with E-state index in [-0.39, 0.29) is 12.0 Å². The predicted molar refractivity (Wildman–Crippen MR) is 159 cm³/mol. The largest absolute Gasteiger partial charge is 0.497 e. The van der Waals surface area contributed by atoms with Crippen LogP contribution in [0.4, 0.5) is 32.1 Å². The van der Waals surface area contributed by atoms with Crippen molar-refractivity contribution in [1.29, 1.82) is 0 Å². The number of aromatic nitrogens is 6. The van der Waals surface area contributed by atoms with Crippen LogP contribution in [0.15, 0.2) is 53.6 Å². The number of ether oxygens (including phenoxy) is 2. The van der Waals surface area contributed by atoms with Crippen molar-refractivity contribution < 1.29 is 26.7 Å². The van der Waals surface area contributed by atoms with Crippen molar-refractivity contribution in [2.24, 2.45) is 0 Å². The second-order valence-electron chi connectivity index (χ2n) is 10.5. The van der Waals surface area contributed by atoms with Gasteiger partial charge in [0, 0.05) is 31.2 Å². The Kier molecular flexibility index (Phi) is 7.90. The van der Waals surface area contributed by atoms with Crippen LogP contribution in [0.5, 0.6) is 5.75 Å². The Morgan fingerprint density at radius 3 is 2.43 bits per heavy atom. The van der Waals surface area contributed by atoms with E-state index in [1.54, 1.807) is 18.0 Å². The van der Waals surface area contributed by atoms with Gasteiger partial charge in [0.25, 0.3) is 0 Å². The topological polar surface area (TPSA) is 140 Å². The number of hydrogen-bond donors (Lipinski definition) is 2. The lowest BCUT2D eigenvalue weighted by atomic mass is 10.1. The summed E-state index contributed by atoms with van der Waals surface area (Å²) in [7, 11) is -2.25. The SMILES string of the molecule is COc1ccc(CN(c2cc(C)[nH]n2)c2nc(Nc3c(F)cc(S(C)(=O)=O)cc3F)nc3c2cnn3C2CCOCC2)cc1. The lowest BCUT2D eigenvalue weighted by molar-refractivity contribution is 0.0673.